The first kappa shape index (κ1) is 15.1. The minimum Gasteiger partial charge on any atom is -0.346 e. The van der Waals surface area contributed by atoms with Crippen LogP contribution in [0.1, 0.15) is 11.4 Å². The third kappa shape index (κ3) is 2.90. The molecule has 8 nitrogen and oxygen atoms in total. The molecule has 0 unspecified atom stereocenters. The highest BCUT2D eigenvalue weighted by Crippen LogP contribution is 2.26. The highest BCUT2D eigenvalue weighted by molar-refractivity contribution is 7.17. The zero-order valence-electron chi connectivity index (χ0n) is 12.4. The van der Waals surface area contributed by atoms with Crippen molar-refractivity contribution in [2.24, 2.45) is 0 Å². The summed E-state index contributed by atoms with van der Waals surface area (Å²) < 4.78 is 0.566. The number of pyridine rings is 1. The van der Waals surface area contributed by atoms with Crippen LogP contribution in [0.5, 0.6) is 0 Å². The lowest BCUT2D eigenvalue weighted by atomic mass is 10.2. The first-order chi connectivity index (χ1) is 11.0. The number of fused-ring (bicyclic) bond motifs is 1. The number of rotatable bonds is 4. The van der Waals surface area contributed by atoms with E-state index in [2.05, 4.69) is 15.0 Å². The molecule has 0 spiro atoms. The number of aryl methyl sites for hydroxylation is 1. The second kappa shape index (κ2) is 5.76. The average Bonchev–Trinajstić information content (AvgIpc) is 2.95. The summed E-state index contributed by atoms with van der Waals surface area (Å²) in [6, 6.07) is 3.24. The van der Waals surface area contributed by atoms with E-state index in [1.165, 1.54) is 17.4 Å². The largest absolute Gasteiger partial charge is 0.346 e. The quantitative estimate of drug-likeness (QED) is 0.580. The van der Waals surface area contributed by atoms with Crippen molar-refractivity contribution in [1.29, 1.82) is 0 Å². The van der Waals surface area contributed by atoms with Crippen LogP contribution in [0.15, 0.2) is 28.5 Å². The molecule has 118 valence electrons. The number of nitro groups is 1. The predicted molar refractivity (Wildman–Crippen MR) is 88.0 cm³/mol. The van der Waals surface area contributed by atoms with Gasteiger partial charge in [-0.05, 0) is 23.9 Å². The number of nitrogens with zero attached hydrogens (tertiary/aromatic N) is 4. The van der Waals surface area contributed by atoms with E-state index in [1.54, 1.807) is 36.5 Å². The summed E-state index contributed by atoms with van der Waals surface area (Å²) in [6.07, 6.45) is 1.57. The van der Waals surface area contributed by atoms with Crippen molar-refractivity contribution in [3.63, 3.8) is 0 Å². The molecule has 0 aliphatic carbocycles. The van der Waals surface area contributed by atoms with Gasteiger partial charge in [-0.15, -0.1) is 11.3 Å². The van der Waals surface area contributed by atoms with Crippen LogP contribution >= 0.6 is 11.3 Å². The molecule has 0 radical (unpaired) electrons. The van der Waals surface area contributed by atoms with E-state index in [0.717, 1.165) is 0 Å². The summed E-state index contributed by atoms with van der Waals surface area (Å²) in [4.78, 5) is 35.5. The molecular weight excluding hydrogens is 318 g/mol. The van der Waals surface area contributed by atoms with E-state index in [1.807, 2.05) is 0 Å². The van der Waals surface area contributed by atoms with Crippen molar-refractivity contribution in [2.45, 2.75) is 13.5 Å². The fourth-order valence-corrected chi connectivity index (χ4v) is 3.00. The van der Waals surface area contributed by atoms with Gasteiger partial charge < -0.3 is 9.88 Å². The van der Waals surface area contributed by atoms with Gasteiger partial charge in [0.1, 0.15) is 10.5 Å². The molecule has 0 atom stereocenters. The molecule has 3 aromatic heterocycles. The van der Waals surface area contributed by atoms with E-state index >= 15 is 0 Å². The predicted octanol–water partition coefficient (Wildman–Crippen LogP) is 2.23. The molecule has 0 aliphatic heterocycles. The van der Waals surface area contributed by atoms with Crippen molar-refractivity contribution in [3.8, 4) is 0 Å². The van der Waals surface area contributed by atoms with Crippen molar-refractivity contribution < 1.29 is 4.92 Å². The lowest BCUT2D eigenvalue weighted by Gasteiger charge is -2.17. The summed E-state index contributed by atoms with van der Waals surface area (Å²) in [5.74, 6) is 0.661. The van der Waals surface area contributed by atoms with Crippen LogP contribution in [0, 0.1) is 17.0 Å². The van der Waals surface area contributed by atoms with Crippen molar-refractivity contribution in [2.75, 3.05) is 11.9 Å². The minimum atomic E-state index is -0.468. The van der Waals surface area contributed by atoms with Crippen LogP contribution in [0.2, 0.25) is 0 Å². The van der Waals surface area contributed by atoms with Gasteiger partial charge in [0.15, 0.2) is 0 Å². The van der Waals surface area contributed by atoms with Crippen LogP contribution in [-0.2, 0) is 6.54 Å². The maximum absolute atomic E-state index is 12.0. The average molecular weight is 331 g/mol. The van der Waals surface area contributed by atoms with Crippen molar-refractivity contribution in [3.05, 3.63) is 55.6 Å². The van der Waals surface area contributed by atoms with Crippen molar-refractivity contribution >= 4 is 33.1 Å². The zero-order valence-corrected chi connectivity index (χ0v) is 13.3. The van der Waals surface area contributed by atoms with Crippen LogP contribution in [0.4, 0.5) is 11.5 Å². The molecular formula is C14H13N5O3S. The molecule has 0 fully saturated rings. The highest BCUT2D eigenvalue weighted by atomic mass is 32.1. The van der Waals surface area contributed by atoms with E-state index in [4.69, 9.17) is 0 Å². The van der Waals surface area contributed by atoms with E-state index in [-0.39, 0.29) is 23.6 Å². The second-order valence-corrected chi connectivity index (χ2v) is 6.03. The number of anilines is 1. The Balaban J connectivity index is 1.96. The number of hydrogen-bond donors (Lipinski definition) is 1. The maximum atomic E-state index is 12.0. The van der Waals surface area contributed by atoms with Gasteiger partial charge in [0, 0.05) is 19.3 Å². The second-order valence-electron chi connectivity index (χ2n) is 5.12. The van der Waals surface area contributed by atoms with Gasteiger partial charge in [-0.25, -0.2) is 9.97 Å². The SMILES string of the molecule is Cc1cnc(N(C)Cc2nc3ccsc3c(=O)[nH]2)c([N+](=O)[O-])c1. The number of aromatic nitrogens is 3. The van der Waals surface area contributed by atoms with Gasteiger partial charge >= 0.3 is 5.69 Å². The monoisotopic (exact) mass is 331 g/mol. The third-order valence-electron chi connectivity index (χ3n) is 3.29. The Kier molecular flexibility index (Phi) is 3.78. The van der Waals surface area contributed by atoms with Gasteiger partial charge in [-0.3, -0.25) is 14.9 Å². The molecule has 0 aromatic carbocycles. The standard InChI is InChI=1S/C14H13N5O3S/c1-8-5-10(19(21)22)13(15-6-8)18(2)7-11-16-9-3-4-23-12(9)14(20)17-11/h3-6H,7H2,1-2H3,(H,16,17,20). The number of nitrogens with one attached hydrogen (secondary N) is 1. The summed E-state index contributed by atoms with van der Waals surface area (Å²) >= 11 is 1.32. The zero-order chi connectivity index (χ0) is 16.6. The summed E-state index contributed by atoms with van der Waals surface area (Å²) in [7, 11) is 1.67. The normalized spacial score (nSPS) is 10.9. The first-order valence-corrected chi connectivity index (χ1v) is 7.62. The summed E-state index contributed by atoms with van der Waals surface area (Å²) in [6.45, 7) is 1.95. The molecule has 0 bridgehead atoms. The fourth-order valence-electron chi connectivity index (χ4n) is 2.27. The van der Waals surface area contributed by atoms with Crippen LogP contribution in [0.25, 0.3) is 10.2 Å². The van der Waals surface area contributed by atoms with Gasteiger partial charge in [-0.1, -0.05) is 0 Å². The molecule has 3 heterocycles. The van der Waals surface area contributed by atoms with Gasteiger partial charge in [0.25, 0.3) is 5.56 Å². The van der Waals surface area contributed by atoms with Gasteiger partial charge in [-0.2, -0.15) is 0 Å². The van der Waals surface area contributed by atoms with Gasteiger partial charge in [0.2, 0.25) is 5.82 Å². The van der Waals surface area contributed by atoms with Crippen LogP contribution in [0.3, 0.4) is 0 Å². The Bertz CT molecular complexity index is 949. The number of thiophene rings is 1. The van der Waals surface area contributed by atoms with E-state index in [9.17, 15) is 14.9 Å². The molecule has 1 N–H and O–H groups in total. The Labute approximate surface area is 134 Å². The third-order valence-corrected chi connectivity index (χ3v) is 4.20. The molecule has 3 aromatic rings. The van der Waals surface area contributed by atoms with E-state index < -0.39 is 4.92 Å². The molecule has 0 amide bonds. The number of aromatic amines is 1. The smallest absolute Gasteiger partial charge is 0.311 e. The molecule has 0 saturated heterocycles. The lowest BCUT2D eigenvalue weighted by Crippen LogP contribution is -2.23. The Morgan fingerprint density at radius 3 is 3.00 bits per heavy atom. The first-order valence-electron chi connectivity index (χ1n) is 6.74. The van der Waals surface area contributed by atoms with Crippen LogP contribution in [-0.4, -0.2) is 26.9 Å². The Morgan fingerprint density at radius 2 is 2.26 bits per heavy atom. The summed E-state index contributed by atoms with van der Waals surface area (Å²) in [5.41, 5.74) is 1.04. The molecule has 9 heteroatoms. The summed E-state index contributed by atoms with van der Waals surface area (Å²) in [5, 5.41) is 13.0. The highest BCUT2D eigenvalue weighted by Gasteiger charge is 2.20. The molecule has 0 aliphatic rings. The topological polar surface area (TPSA) is 105 Å². The minimum absolute atomic E-state index is 0.0774. The van der Waals surface area contributed by atoms with Crippen molar-refractivity contribution in [1.82, 2.24) is 15.0 Å². The Morgan fingerprint density at radius 1 is 1.48 bits per heavy atom. The molecule has 23 heavy (non-hydrogen) atoms. The Hall–Kier alpha value is -2.81. The lowest BCUT2D eigenvalue weighted by molar-refractivity contribution is -0.384. The number of hydrogen-bond acceptors (Lipinski definition) is 7. The molecule has 3 rings (SSSR count). The van der Waals surface area contributed by atoms with E-state index in [0.29, 0.717) is 21.6 Å². The maximum Gasteiger partial charge on any atom is 0.311 e. The molecule has 0 saturated carbocycles. The van der Waals surface area contributed by atoms with Crippen LogP contribution < -0.4 is 10.5 Å². The fraction of sp³-hybridized carbons (Fsp3) is 0.214. The number of H-pyrrole nitrogens is 1. The van der Waals surface area contributed by atoms with Gasteiger partial charge in [0.05, 0.1) is 17.0 Å².